The van der Waals surface area contributed by atoms with Gasteiger partial charge in [0.2, 0.25) is 5.65 Å². The highest BCUT2D eigenvalue weighted by atomic mass is 15.4. The van der Waals surface area contributed by atoms with Gasteiger partial charge in [0.25, 0.3) is 0 Å². The summed E-state index contributed by atoms with van der Waals surface area (Å²) in [5.41, 5.74) is 2.00. The number of pyridine rings is 1. The summed E-state index contributed by atoms with van der Waals surface area (Å²) in [5.74, 6) is 1.86. The Bertz CT molecular complexity index is 875. The Morgan fingerprint density at radius 3 is 2.83 bits per heavy atom. The Balaban J connectivity index is 1.38. The van der Waals surface area contributed by atoms with Crippen molar-refractivity contribution < 1.29 is 0 Å². The maximum Gasteiger partial charge on any atom is 0.203 e. The number of hydrogen-bond donors (Lipinski definition) is 0. The summed E-state index contributed by atoms with van der Waals surface area (Å²) in [5, 5.41) is 8.51. The average Bonchev–Trinajstić information content (AvgIpc) is 3.30. The van der Waals surface area contributed by atoms with E-state index in [0.29, 0.717) is 12.1 Å². The molecule has 7 heteroatoms. The molecule has 2 bridgehead atoms. The van der Waals surface area contributed by atoms with E-state index >= 15 is 0 Å². The summed E-state index contributed by atoms with van der Waals surface area (Å²) < 4.78 is 2.01. The Morgan fingerprint density at radius 2 is 2.04 bits per heavy atom. The Kier molecular flexibility index (Phi) is 3.02. The van der Waals surface area contributed by atoms with E-state index in [1.807, 2.05) is 36.0 Å². The number of fused-ring (bicyclic) bond motifs is 3. The van der Waals surface area contributed by atoms with Crippen molar-refractivity contribution in [3.63, 3.8) is 0 Å². The molecule has 122 valence electrons. The van der Waals surface area contributed by atoms with Gasteiger partial charge in [-0.25, -0.2) is 4.98 Å². The summed E-state index contributed by atoms with van der Waals surface area (Å²) in [7, 11) is 0. The first-order chi connectivity index (χ1) is 11.8. The molecule has 7 nitrogen and oxygen atoms in total. The van der Waals surface area contributed by atoms with Gasteiger partial charge in [-0.1, -0.05) is 6.07 Å². The second-order valence-corrected chi connectivity index (χ2v) is 6.64. The molecule has 3 aromatic heterocycles. The number of nitrogens with zero attached hydrogens (tertiary/aromatic N) is 7. The highest BCUT2D eigenvalue weighted by molar-refractivity contribution is 5.65. The minimum absolute atomic E-state index is 0.495. The third kappa shape index (κ3) is 2.08. The standard InChI is InChI=1S/C17H19N7/c1-12-20-21-17-16(19-6-7-23(12)17)24-11-14-8-15(24)10-22(14)9-13-4-2-3-5-18-13/h2-7,14-15H,8-11H2,1H3. The molecule has 2 saturated heterocycles. The van der Waals surface area contributed by atoms with Crippen LogP contribution in [0, 0.1) is 6.92 Å². The third-order valence-corrected chi connectivity index (χ3v) is 5.20. The Morgan fingerprint density at radius 1 is 1.08 bits per heavy atom. The van der Waals surface area contributed by atoms with Gasteiger partial charge in [-0.3, -0.25) is 14.3 Å². The van der Waals surface area contributed by atoms with Crippen LogP contribution in [0.5, 0.6) is 0 Å². The minimum Gasteiger partial charge on any atom is -0.348 e. The van der Waals surface area contributed by atoms with Crippen LogP contribution in [-0.2, 0) is 6.54 Å². The molecule has 0 spiro atoms. The molecule has 24 heavy (non-hydrogen) atoms. The van der Waals surface area contributed by atoms with Crippen molar-refractivity contribution in [1.82, 2.24) is 29.5 Å². The van der Waals surface area contributed by atoms with Crippen LogP contribution in [0.3, 0.4) is 0 Å². The van der Waals surface area contributed by atoms with Crippen molar-refractivity contribution in [3.8, 4) is 0 Å². The first-order valence-corrected chi connectivity index (χ1v) is 8.36. The fourth-order valence-electron chi connectivity index (χ4n) is 4.03. The molecule has 2 aliphatic heterocycles. The van der Waals surface area contributed by atoms with Crippen LogP contribution in [0.25, 0.3) is 5.65 Å². The second-order valence-electron chi connectivity index (χ2n) is 6.64. The largest absolute Gasteiger partial charge is 0.348 e. The molecule has 2 unspecified atom stereocenters. The molecule has 3 aromatic rings. The molecular weight excluding hydrogens is 302 g/mol. The summed E-state index contributed by atoms with van der Waals surface area (Å²) >= 11 is 0. The van der Waals surface area contributed by atoms with Gasteiger partial charge in [-0.15, -0.1) is 10.2 Å². The van der Waals surface area contributed by atoms with E-state index < -0.39 is 0 Å². The second kappa shape index (κ2) is 5.24. The highest BCUT2D eigenvalue weighted by Crippen LogP contribution is 2.35. The van der Waals surface area contributed by atoms with Crippen molar-refractivity contribution in [3.05, 3.63) is 48.3 Å². The van der Waals surface area contributed by atoms with E-state index in [-0.39, 0.29) is 0 Å². The smallest absolute Gasteiger partial charge is 0.203 e. The molecule has 5 heterocycles. The molecule has 0 radical (unpaired) electrons. The zero-order valence-electron chi connectivity index (χ0n) is 13.6. The van der Waals surface area contributed by atoms with Gasteiger partial charge in [-0.2, -0.15) is 0 Å². The zero-order valence-corrected chi connectivity index (χ0v) is 13.6. The lowest BCUT2D eigenvalue weighted by molar-refractivity contribution is 0.227. The first kappa shape index (κ1) is 13.9. The van der Waals surface area contributed by atoms with Gasteiger partial charge >= 0.3 is 0 Å². The van der Waals surface area contributed by atoms with E-state index in [0.717, 1.165) is 42.6 Å². The van der Waals surface area contributed by atoms with Crippen LogP contribution in [0.15, 0.2) is 36.8 Å². The number of aromatic nitrogens is 5. The molecule has 0 aliphatic carbocycles. The predicted octanol–water partition coefficient (Wildman–Crippen LogP) is 1.29. The summed E-state index contributed by atoms with van der Waals surface area (Å²) in [6, 6.07) is 7.18. The van der Waals surface area contributed by atoms with Crippen molar-refractivity contribution in [2.75, 3.05) is 18.0 Å². The Hall–Kier alpha value is -2.54. The van der Waals surface area contributed by atoms with Crippen LogP contribution < -0.4 is 4.90 Å². The quantitative estimate of drug-likeness (QED) is 0.724. The van der Waals surface area contributed by atoms with Gasteiger partial charge in [0.05, 0.1) is 5.69 Å². The number of piperazine rings is 1. The molecular formula is C17H19N7. The lowest BCUT2D eigenvalue weighted by Gasteiger charge is -2.34. The van der Waals surface area contributed by atoms with Gasteiger partial charge in [0, 0.05) is 50.3 Å². The normalized spacial score (nSPS) is 23.5. The summed E-state index contributed by atoms with van der Waals surface area (Å²) in [4.78, 5) is 14.0. The molecule has 2 aliphatic rings. The van der Waals surface area contributed by atoms with Crippen LogP contribution in [-0.4, -0.2) is 54.6 Å². The minimum atomic E-state index is 0.495. The number of rotatable bonds is 3. The lowest BCUT2D eigenvalue weighted by atomic mass is 10.2. The predicted molar refractivity (Wildman–Crippen MR) is 89.7 cm³/mol. The zero-order chi connectivity index (χ0) is 16.1. The van der Waals surface area contributed by atoms with Gasteiger partial charge in [0.15, 0.2) is 5.82 Å². The number of aryl methyl sites for hydroxylation is 1. The maximum absolute atomic E-state index is 4.60. The number of hydrogen-bond acceptors (Lipinski definition) is 6. The Labute approximate surface area is 140 Å². The monoisotopic (exact) mass is 321 g/mol. The molecule has 5 rings (SSSR count). The highest BCUT2D eigenvalue weighted by Gasteiger charge is 2.44. The lowest BCUT2D eigenvalue weighted by Crippen LogP contribution is -2.46. The maximum atomic E-state index is 4.60. The SMILES string of the molecule is Cc1nnc2c(N3CC4CC3CN4Cc3ccccn3)nccn12. The molecule has 0 amide bonds. The average molecular weight is 321 g/mol. The van der Waals surface area contributed by atoms with E-state index in [2.05, 4.69) is 42.1 Å². The first-order valence-electron chi connectivity index (χ1n) is 8.36. The molecule has 0 saturated carbocycles. The summed E-state index contributed by atoms with van der Waals surface area (Å²) in [6.07, 6.45) is 6.82. The van der Waals surface area contributed by atoms with Gasteiger partial charge in [0.1, 0.15) is 5.82 Å². The van der Waals surface area contributed by atoms with Gasteiger partial charge in [-0.05, 0) is 25.5 Å². The van der Waals surface area contributed by atoms with Gasteiger partial charge < -0.3 is 4.90 Å². The molecule has 2 fully saturated rings. The number of anilines is 1. The molecule has 0 aromatic carbocycles. The van der Waals surface area contributed by atoms with Crippen LogP contribution in [0.4, 0.5) is 5.82 Å². The third-order valence-electron chi connectivity index (χ3n) is 5.20. The molecule has 0 N–H and O–H groups in total. The van der Waals surface area contributed by atoms with Crippen LogP contribution >= 0.6 is 0 Å². The topological polar surface area (TPSA) is 62.5 Å². The fraction of sp³-hybridized carbons (Fsp3) is 0.412. The van der Waals surface area contributed by atoms with Crippen LogP contribution in [0.2, 0.25) is 0 Å². The summed E-state index contributed by atoms with van der Waals surface area (Å²) in [6.45, 7) is 4.94. The van der Waals surface area contributed by atoms with E-state index in [9.17, 15) is 0 Å². The van der Waals surface area contributed by atoms with Crippen molar-refractivity contribution in [2.45, 2.75) is 32.0 Å². The molecule has 2 atom stereocenters. The van der Waals surface area contributed by atoms with E-state index in [1.54, 1.807) is 0 Å². The van der Waals surface area contributed by atoms with Crippen molar-refractivity contribution >= 4 is 11.5 Å². The van der Waals surface area contributed by atoms with Crippen molar-refractivity contribution in [2.24, 2.45) is 0 Å². The van der Waals surface area contributed by atoms with Crippen LogP contribution in [0.1, 0.15) is 17.9 Å². The van der Waals surface area contributed by atoms with E-state index in [1.165, 1.54) is 6.42 Å². The number of likely N-dealkylation sites (tertiary alicyclic amines) is 1. The van der Waals surface area contributed by atoms with Crippen molar-refractivity contribution in [1.29, 1.82) is 0 Å². The van der Waals surface area contributed by atoms with E-state index in [4.69, 9.17) is 0 Å². The fourth-order valence-corrected chi connectivity index (χ4v) is 4.03.